The number of ether oxygens (including phenoxy) is 4. The van der Waals surface area contributed by atoms with Gasteiger partial charge in [-0.05, 0) is 112 Å². The molecule has 0 bridgehead atoms. The molecule has 4 aromatic carbocycles. The van der Waals surface area contributed by atoms with E-state index >= 15 is 0 Å². The third-order valence-electron chi connectivity index (χ3n) is 10.6. The number of amides is 2. The van der Waals surface area contributed by atoms with E-state index in [0.717, 1.165) is 21.5 Å². The summed E-state index contributed by atoms with van der Waals surface area (Å²) in [6.07, 6.45) is 0.932. The summed E-state index contributed by atoms with van der Waals surface area (Å²) in [5.41, 5.74) is -3.03. The van der Waals surface area contributed by atoms with Crippen molar-refractivity contribution < 1.29 is 47.7 Å². The van der Waals surface area contributed by atoms with Crippen LogP contribution in [0.4, 0.5) is 9.59 Å². The van der Waals surface area contributed by atoms with E-state index in [-0.39, 0.29) is 24.4 Å². The van der Waals surface area contributed by atoms with Crippen LogP contribution in [0.2, 0.25) is 0 Å². The van der Waals surface area contributed by atoms with Gasteiger partial charge in [0.05, 0.1) is 26.3 Å². The first-order valence-corrected chi connectivity index (χ1v) is 19.5. The third kappa shape index (κ3) is 9.33. The predicted octanol–water partition coefficient (Wildman–Crippen LogP) is 8.64. The van der Waals surface area contributed by atoms with Gasteiger partial charge in [-0.1, -0.05) is 72.8 Å². The number of hydrogen-bond acceptors (Lipinski definition) is 10. The maximum atomic E-state index is 12.9. The number of alkyl carbamates (subject to hydrolysis) is 2. The van der Waals surface area contributed by atoms with Crippen molar-refractivity contribution in [1.82, 2.24) is 10.6 Å². The van der Waals surface area contributed by atoms with E-state index in [4.69, 9.17) is 18.9 Å². The van der Waals surface area contributed by atoms with Crippen molar-refractivity contribution >= 4 is 57.2 Å². The lowest BCUT2D eigenvalue weighted by atomic mass is 9.74. The maximum absolute atomic E-state index is 12.9. The van der Waals surface area contributed by atoms with E-state index in [0.29, 0.717) is 36.8 Å². The molecule has 0 aliphatic heterocycles. The van der Waals surface area contributed by atoms with Crippen LogP contribution in [0.3, 0.4) is 0 Å². The molecule has 2 N–H and O–H groups in total. The zero-order valence-corrected chi connectivity index (χ0v) is 34.6. The fourth-order valence-corrected chi connectivity index (χ4v) is 8.03. The highest BCUT2D eigenvalue weighted by molar-refractivity contribution is 6.07. The third-order valence-corrected chi connectivity index (χ3v) is 10.6. The Morgan fingerprint density at radius 3 is 1.19 bits per heavy atom. The van der Waals surface area contributed by atoms with Crippen LogP contribution in [-0.2, 0) is 38.1 Å². The Labute approximate surface area is 339 Å². The standard InChI is InChI=1S/2C23H27NO5/c2*1-22(2,3)29-21(27)24-19(23(20(26)28-4)13-7-10-18(23)25)17-12-11-15-8-5-6-9-16(15)14-17/h2*5-6,8-9,11-12,14,19H,7,10,13H2,1-4H3,(H,24,27)/t2*19-,23-/m11/s1. The van der Waals surface area contributed by atoms with Gasteiger partial charge in [0.25, 0.3) is 0 Å². The van der Waals surface area contributed by atoms with Gasteiger partial charge in [0.15, 0.2) is 22.4 Å². The molecule has 6 rings (SSSR count). The highest BCUT2D eigenvalue weighted by Gasteiger charge is 2.58. The number of rotatable bonds is 8. The van der Waals surface area contributed by atoms with Gasteiger partial charge in [0.2, 0.25) is 0 Å². The fourth-order valence-electron chi connectivity index (χ4n) is 8.03. The minimum Gasteiger partial charge on any atom is -0.468 e. The molecule has 4 atom stereocenters. The number of esters is 2. The van der Waals surface area contributed by atoms with E-state index in [1.54, 1.807) is 41.5 Å². The first kappa shape index (κ1) is 43.3. The van der Waals surface area contributed by atoms with Gasteiger partial charge < -0.3 is 29.6 Å². The van der Waals surface area contributed by atoms with Crippen molar-refractivity contribution in [2.24, 2.45) is 10.8 Å². The normalized spacial score (nSPS) is 20.3. The summed E-state index contributed by atoms with van der Waals surface area (Å²) in [5.74, 6) is -1.71. The Hall–Kier alpha value is -5.78. The zero-order valence-electron chi connectivity index (χ0n) is 34.6. The summed E-state index contributed by atoms with van der Waals surface area (Å²) in [7, 11) is 2.53. The number of Topliss-reactive ketones (excluding diaryl/α,β-unsaturated/α-hetero) is 2. The van der Waals surface area contributed by atoms with Crippen LogP contribution < -0.4 is 10.6 Å². The Kier molecular flexibility index (Phi) is 13.0. The van der Waals surface area contributed by atoms with E-state index < -0.39 is 58.2 Å². The smallest absolute Gasteiger partial charge is 0.408 e. The Morgan fingerprint density at radius 2 is 0.897 bits per heavy atom. The van der Waals surface area contributed by atoms with Gasteiger partial charge >= 0.3 is 24.1 Å². The lowest BCUT2D eigenvalue weighted by molar-refractivity contribution is -0.160. The minimum absolute atomic E-state index is 0.224. The lowest BCUT2D eigenvalue weighted by Crippen LogP contribution is -2.50. The van der Waals surface area contributed by atoms with Crippen molar-refractivity contribution in [2.45, 2.75) is 103 Å². The molecular formula is C46H54N2O10. The number of ketones is 2. The summed E-state index contributed by atoms with van der Waals surface area (Å²) < 4.78 is 20.9. The van der Waals surface area contributed by atoms with Gasteiger partial charge in [-0.3, -0.25) is 19.2 Å². The Morgan fingerprint density at radius 1 is 0.552 bits per heavy atom. The highest BCUT2D eigenvalue weighted by Crippen LogP contribution is 2.48. The molecule has 12 nitrogen and oxygen atoms in total. The highest BCUT2D eigenvalue weighted by atomic mass is 16.6. The first-order valence-electron chi connectivity index (χ1n) is 19.5. The number of nitrogens with one attached hydrogen (secondary N) is 2. The van der Waals surface area contributed by atoms with Gasteiger partial charge in [-0.2, -0.15) is 0 Å². The van der Waals surface area contributed by atoms with Crippen molar-refractivity contribution in [2.75, 3.05) is 14.2 Å². The average molecular weight is 795 g/mol. The molecule has 2 amide bonds. The van der Waals surface area contributed by atoms with Crippen LogP contribution in [-0.4, -0.2) is 61.1 Å². The molecule has 2 aliphatic carbocycles. The molecule has 308 valence electrons. The number of fused-ring (bicyclic) bond motifs is 2. The topological polar surface area (TPSA) is 163 Å². The number of benzene rings is 4. The quantitative estimate of drug-likeness (QED) is 0.100. The molecular weight excluding hydrogens is 741 g/mol. The molecule has 0 aromatic heterocycles. The van der Waals surface area contributed by atoms with Crippen molar-refractivity contribution in [3.05, 3.63) is 96.1 Å². The molecule has 2 aliphatic rings. The fraction of sp³-hybridized carbons (Fsp3) is 0.435. The van der Waals surface area contributed by atoms with Gasteiger partial charge in [-0.25, -0.2) is 9.59 Å². The molecule has 2 saturated carbocycles. The summed E-state index contributed by atoms with van der Waals surface area (Å²) >= 11 is 0. The first-order chi connectivity index (χ1) is 27.3. The predicted molar refractivity (Wildman–Crippen MR) is 219 cm³/mol. The molecule has 0 radical (unpaired) electrons. The van der Waals surface area contributed by atoms with Crippen LogP contribution in [0.15, 0.2) is 84.9 Å². The Bertz CT molecular complexity index is 2050. The monoisotopic (exact) mass is 794 g/mol. The molecule has 0 unspecified atom stereocenters. The SMILES string of the molecule is COC(=O)[C@]1([C@H](NC(=O)OC(C)(C)C)c2ccc3ccccc3c2)CCCC1=O.COC(=O)[C@]1([C@H](NC(=O)OC(C)(C)C)c2ccc3ccccc3c2)CCCC1=O. The van der Waals surface area contributed by atoms with Crippen molar-refractivity contribution in [1.29, 1.82) is 0 Å². The molecule has 2 fully saturated rings. The minimum atomic E-state index is -1.46. The van der Waals surface area contributed by atoms with Crippen LogP contribution in [0.25, 0.3) is 21.5 Å². The van der Waals surface area contributed by atoms with Crippen molar-refractivity contribution in [3.8, 4) is 0 Å². The number of carbonyl (C=O) groups excluding carboxylic acids is 6. The molecule has 0 spiro atoms. The average Bonchev–Trinajstić information content (AvgIpc) is 3.76. The zero-order chi connectivity index (χ0) is 42.5. The van der Waals surface area contributed by atoms with E-state index in [1.807, 2.05) is 84.9 Å². The Balaban J connectivity index is 0.000000221. The summed E-state index contributed by atoms with van der Waals surface area (Å²) in [5, 5.41) is 9.55. The second-order valence-electron chi connectivity index (χ2n) is 16.9. The van der Waals surface area contributed by atoms with Crippen LogP contribution in [0.5, 0.6) is 0 Å². The number of hydrogen-bond donors (Lipinski definition) is 2. The summed E-state index contributed by atoms with van der Waals surface area (Å²) in [6.45, 7) is 10.6. The molecule has 4 aromatic rings. The maximum Gasteiger partial charge on any atom is 0.408 e. The largest absolute Gasteiger partial charge is 0.468 e. The molecule has 0 heterocycles. The van der Waals surface area contributed by atoms with Gasteiger partial charge in [0, 0.05) is 12.8 Å². The molecule has 12 heteroatoms. The van der Waals surface area contributed by atoms with Crippen LogP contribution in [0.1, 0.15) is 103 Å². The van der Waals surface area contributed by atoms with E-state index in [9.17, 15) is 28.8 Å². The van der Waals surface area contributed by atoms with E-state index in [2.05, 4.69) is 10.6 Å². The lowest BCUT2D eigenvalue weighted by Gasteiger charge is -2.35. The van der Waals surface area contributed by atoms with Crippen LogP contribution in [0, 0.1) is 10.8 Å². The molecule has 58 heavy (non-hydrogen) atoms. The number of methoxy groups -OCH3 is 2. The van der Waals surface area contributed by atoms with Gasteiger partial charge in [0.1, 0.15) is 11.2 Å². The summed E-state index contributed by atoms with van der Waals surface area (Å²) in [6, 6.07) is 25.1. The van der Waals surface area contributed by atoms with E-state index in [1.165, 1.54) is 14.2 Å². The summed E-state index contributed by atoms with van der Waals surface area (Å²) in [4.78, 5) is 76.9. The second kappa shape index (κ2) is 17.4. The molecule has 0 saturated heterocycles. The second-order valence-corrected chi connectivity index (χ2v) is 16.9. The number of carbonyl (C=O) groups is 6. The van der Waals surface area contributed by atoms with Crippen LogP contribution >= 0.6 is 0 Å². The van der Waals surface area contributed by atoms with Crippen molar-refractivity contribution in [3.63, 3.8) is 0 Å². The van der Waals surface area contributed by atoms with Gasteiger partial charge in [-0.15, -0.1) is 0 Å².